The molecule has 94 valence electrons. The van der Waals surface area contributed by atoms with Crippen LogP contribution in [0.4, 0.5) is 5.69 Å². The van der Waals surface area contributed by atoms with Crippen molar-refractivity contribution in [1.29, 1.82) is 0 Å². The van der Waals surface area contributed by atoms with E-state index in [1.165, 1.54) is 36.1 Å². The number of hydrogen-bond acceptors (Lipinski definition) is 2. The fraction of sp³-hybridized carbons (Fsp3) is 0.600. The molecule has 17 heavy (non-hydrogen) atoms. The van der Waals surface area contributed by atoms with E-state index in [1.54, 1.807) is 0 Å². The van der Waals surface area contributed by atoms with Gasteiger partial charge in [-0.1, -0.05) is 13.0 Å². The smallest absolute Gasteiger partial charge is 0.0747 e. The third kappa shape index (κ3) is 3.47. The average Bonchev–Trinajstić information content (AvgIpc) is 2.39. The Morgan fingerprint density at radius 3 is 2.94 bits per heavy atom. The number of aryl methyl sites for hydroxylation is 2. The van der Waals surface area contributed by atoms with Crippen molar-refractivity contribution < 1.29 is 4.74 Å². The van der Waals surface area contributed by atoms with Crippen LogP contribution in [0.2, 0.25) is 0 Å². The van der Waals surface area contributed by atoms with Crippen molar-refractivity contribution in [2.75, 3.05) is 18.5 Å². The predicted octanol–water partition coefficient (Wildman–Crippen LogP) is 3.54. The van der Waals surface area contributed by atoms with E-state index >= 15 is 0 Å². The van der Waals surface area contributed by atoms with Crippen LogP contribution in [0.15, 0.2) is 18.2 Å². The molecule has 1 aliphatic heterocycles. The van der Waals surface area contributed by atoms with Gasteiger partial charge in [-0.25, -0.2) is 0 Å². The Morgan fingerprint density at radius 2 is 2.24 bits per heavy atom. The van der Waals surface area contributed by atoms with Gasteiger partial charge in [-0.3, -0.25) is 0 Å². The summed E-state index contributed by atoms with van der Waals surface area (Å²) in [7, 11) is 0. The van der Waals surface area contributed by atoms with E-state index in [-0.39, 0.29) is 0 Å². The van der Waals surface area contributed by atoms with E-state index in [0.717, 1.165) is 19.6 Å². The third-order valence-electron chi connectivity index (χ3n) is 3.54. The van der Waals surface area contributed by atoms with Crippen molar-refractivity contribution in [2.24, 2.45) is 0 Å². The van der Waals surface area contributed by atoms with Gasteiger partial charge < -0.3 is 10.1 Å². The van der Waals surface area contributed by atoms with Crippen molar-refractivity contribution in [3.63, 3.8) is 0 Å². The van der Waals surface area contributed by atoms with E-state index in [1.807, 2.05) is 0 Å². The van der Waals surface area contributed by atoms with Crippen LogP contribution in [0, 0.1) is 6.92 Å². The van der Waals surface area contributed by atoms with Crippen LogP contribution in [0.3, 0.4) is 0 Å². The summed E-state index contributed by atoms with van der Waals surface area (Å²) < 4.78 is 5.72. The van der Waals surface area contributed by atoms with Gasteiger partial charge in [0.05, 0.1) is 6.10 Å². The van der Waals surface area contributed by atoms with Gasteiger partial charge in [0.1, 0.15) is 0 Å². The Labute approximate surface area is 104 Å². The summed E-state index contributed by atoms with van der Waals surface area (Å²) in [6, 6.07) is 6.62. The normalized spacial score (nSPS) is 20.2. The number of rotatable bonds is 4. The van der Waals surface area contributed by atoms with Crippen LogP contribution in [0.5, 0.6) is 0 Å². The van der Waals surface area contributed by atoms with Crippen LogP contribution in [0.1, 0.15) is 37.3 Å². The van der Waals surface area contributed by atoms with Gasteiger partial charge in [0.15, 0.2) is 0 Å². The van der Waals surface area contributed by atoms with Gasteiger partial charge in [0.2, 0.25) is 0 Å². The first kappa shape index (κ1) is 12.4. The van der Waals surface area contributed by atoms with E-state index in [0.29, 0.717) is 6.10 Å². The Balaban J connectivity index is 1.89. The molecular weight excluding hydrogens is 210 g/mol. The van der Waals surface area contributed by atoms with Crippen molar-refractivity contribution in [3.8, 4) is 0 Å². The molecule has 1 N–H and O–H groups in total. The lowest BCUT2D eigenvalue weighted by Crippen LogP contribution is -2.26. The van der Waals surface area contributed by atoms with Gasteiger partial charge in [-0.2, -0.15) is 0 Å². The quantitative estimate of drug-likeness (QED) is 0.859. The second kappa shape index (κ2) is 6.06. The summed E-state index contributed by atoms with van der Waals surface area (Å²) in [5, 5.41) is 3.49. The predicted molar refractivity (Wildman–Crippen MR) is 72.6 cm³/mol. The zero-order chi connectivity index (χ0) is 12.1. The summed E-state index contributed by atoms with van der Waals surface area (Å²) in [6.45, 7) is 6.25. The second-order valence-electron chi connectivity index (χ2n) is 4.86. The molecule has 0 saturated carbocycles. The summed E-state index contributed by atoms with van der Waals surface area (Å²) in [5.41, 5.74) is 4.04. The third-order valence-corrected chi connectivity index (χ3v) is 3.54. The summed E-state index contributed by atoms with van der Waals surface area (Å²) >= 11 is 0. The largest absolute Gasteiger partial charge is 0.382 e. The molecule has 1 fully saturated rings. The van der Waals surface area contributed by atoms with Crippen LogP contribution in [-0.2, 0) is 11.2 Å². The number of benzene rings is 1. The van der Waals surface area contributed by atoms with Crippen LogP contribution < -0.4 is 5.32 Å². The minimum Gasteiger partial charge on any atom is -0.382 e. The first-order valence-corrected chi connectivity index (χ1v) is 6.74. The van der Waals surface area contributed by atoms with Crippen LogP contribution in [0.25, 0.3) is 0 Å². The van der Waals surface area contributed by atoms with E-state index in [2.05, 4.69) is 37.4 Å². The molecule has 0 bridgehead atoms. The molecule has 1 atom stereocenters. The van der Waals surface area contributed by atoms with E-state index in [9.17, 15) is 0 Å². The number of nitrogens with one attached hydrogen (secondary N) is 1. The maximum absolute atomic E-state index is 5.72. The van der Waals surface area contributed by atoms with E-state index in [4.69, 9.17) is 4.74 Å². The van der Waals surface area contributed by atoms with E-state index < -0.39 is 0 Å². The minimum absolute atomic E-state index is 0.398. The molecule has 1 aliphatic rings. The highest BCUT2D eigenvalue weighted by Gasteiger charge is 2.13. The molecule has 0 aliphatic carbocycles. The number of ether oxygens (including phenoxy) is 1. The van der Waals surface area contributed by atoms with Gasteiger partial charge >= 0.3 is 0 Å². The molecule has 0 radical (unpaired) electrons. The minimum atomic E-state index is 0.398. The maximum Gasteiger partial charge on any atom is 0.0747 e. The lowest BCUT2D eigenvalue weighted by atomic mass is 10.1. The van der Waals surface area contributed by atoms with Gasteiger partial charge in [0.25, 0.3) is 0 Å². The SMILES string of the molecule is CCc1cc(NCC2CCCCO2)ccc1C. The van der Waals surface area contributed by atoms with Crippen molar-refractivity contribution >= 4 is 5.69 Å². The van der Waals surface area contributed by atoms with Crippen LogP contribution in [-0.4, -0.2) is 19.3 Å². The molecule has 2 nitrogen and oxygen atoms in total. The lowest BCUT2D eigenvalue weighted by molar-refractivity contribution is 0.0247. The fourth-order valence-corrected chi connectivity index (χ4v) is 2.36. The topological polar surface area (TPSA) is 21.3 Å². The molecule has 2 rings (SSSR count). The molecule has 1 saturated heterocycles. The van der Waals surface area contributed by atoms with Crippen LogP contribution >= 0.6 is 0 Å². The monoisotopic (exact) mass is 233 g/mol. The molecule has 2 heteroatoms. The number of anilines is 1. The Kier molecular flexibility index (Phi) is 4.43. The first-order valence-electron chi connectivity index (χ1n) is 6.74. The highest BCUT2D eigenvalue weighted by atomic mass is 16.5. The summed E-state index contributed by atoms with van der Waals surface area (Å²) in [6.07, 6.45) is 5.22. The summed E-state index contributed by atoms with van der Waals surface area (Å²) in [4.78, 5) is 0. The molecule has 1 aromatic rings. The molecule has 1 heterocycles. The average molecular weight is 233 g/mol. The lowest BCUT2D eigenvalue weighted by Gasteiger charge is -2.23. The zero-order valence-electron chi connectivity index (χ0n) is 11.0. The fourth-order valence-electron chi connectivity index (χ4n) is 2.36. The first-order chi connectivity index (χ1) is 8.29. The van der Waals surface area contributed by atoms with Crippen molar-refractivity contribution in [2.45, 2.75) is 45.6 Å². The van der Waals surface area contributed by atoms with Crippen molar-refractivity contribution in [3.05, 3.63) is 29.3 Å². The summed E-state index contributed by atoms with van der Waals surface area (Å²) in [5.74, 6) is 0. The molecular formula is C15H23NO. The molecule has 0 aromatic heterocycles. The van der Waals surface area contributed by atoms with Gasteiger partial charge in [-0.05, 0) is 55.9 Å². The van der Waals surface area contributed by atoms with Crippen molar-refractivity contribution in [1.82, 2.24) is 0 Å². The highest BCUT2D eigenvalue weighted by Crippen LogP contribution is 2.17. The Hall–Kier alpha value is -1.02. The molecule has 1 unspecified atom stereocenters. The zero-order valence-corrected chi connectivity index (χ0v) is 11.0. The Bertz CT molecular complexity index is 356. The Morgan fingerprint density at radius 1 is 1.35 bits per heavy atom. The van der Waals surface area contributed by atoms with Gasteiger partial charge in [0, 0.05) is 18.8 Å². The maximum atomic E-state index is 5.72. The molecule has 0 amide bonds. The standard InChI is InChI=1S/C15H23NO/c1-3-13-10-14(8-7-12(13)2)16-11-15-6-4-5-9-17-15/h7-8,10,15-16H,3-6,9,11H2,1-2H3. The molecule has 0 spiro atoms. The number of hydrogen-bond donors (Lipinski definition) is 1. The molecule has 1 aromatic carbocycles. The highest BCUT2D eigenvalue weighted by molar-refractivity contribution is 5.48. The van der Waals surface area contributed by atoms with Gasteiger partial charge in [-0.15, -0.1) is 0 Å². The second-order valence-corrected chi connectivity index (χ2v) is 4.86.